The van der Waals surface area contributed by atoms with Crippen LogP contribution in [0.1, 0.15) is 35.0 Å². The number of hydrogen-bond acceptors (Lipinski definition) is 23. The van der Waals surface area contributed by atoms with Gasteiger partial charge in [-0.2, -0.15) is 0 Å². The van der Waals surface area contributed by atoms with Gasteiger partial charge < -0.3 is 113 Å². The zero-order valence-corrected chi connectivity index (χ0v) is 38.0. The number of hydrogen-bond donors (Lipinski definition) is 10. The lowest BCUT2D eigenvalue weighted by Crippen LogP contribution is -2.60. The SMILES string of the molecule is COc1cc(C2OCC3C(c4cc(OC)c(O[C@@H]5O[C@H](CO)[C@@H](O)[C@H](O)[C@H]5O)c(OC)c4)OCC23)cc(OC)c1OC(CO)C(O)c1cc(OC)c(O[C@H]2O[C@@H](CO)[C@H](O)[C@@H](O)[C@@H]2O)c(OC)c1. The molecule has 0 spiro atoms. The third-order valence-corrected chi connectivity index (χ3v) is 12.7. The van der Waals surface area contributed by atoms with E-state index in [0.29, 0.717) is 11.1 Å². The van der Waals surface area contributed by atoms with E-state index < -0.39 is 106 Å². The number of aliphatic hydroxyl groups excluding tert-OH is 10. The summed E-state index contributed by atoms with van der Waals surface area (Å²) in [6.45, 7) is -1.45. The van der Waals surface area contributed by atoms with Gasteiger partial charge in [-0.15, -0.1) is 0 Å². The highest BCUT2D eigenvalue weighted by atomic mass is 16.7. The van der Waals surface area contributed by atoms with Crippen molar-refractivity contribution in [3.63, 3.8) is 0 Å². The Morgan fingerprint density at radius 3 is 1.19 bits per heavy atom. The van der Waals surface area contributed by atoms with Crippen molar-refractivity contribution in [3.05, 3.63) is 53.1 Å². The molecule has 3 aromatic rings. The molecule has 4 saturated heterocycles. The maximum absolute atomic E-state index is 11.7. The van der Waals surface area contributed by atoms with Gasteiger partial charge in [0.15, 0.2) is 40.6 Å². The summed E-state index contributed by atoms with van der Waals surface area (Å²) in [7, 11) is 8.25. The topological polar surface area (TPSA) is 322 Å². The van der Waals surface area contributed by atoms with Crippen LogP contribution in [0.5, 0.6) is 51.7 Å². The number of fused-ring (bicyclic) bond motifs is 1. The second-order valence-corrected chi connectivity index (χ2v) is 16.5. The molecule has 16 atom stereocenters. The molecule has 0 radical (unpaired) electrons. The van der Waals surface area contributed by atoms with Crippen LogP contribution in [0.15, 0.2) is 36.4 Å². The number of methoxy groups -OCH3 is 6. The van der Waals surface area contributed by atoms with E-state index in [-0.39, 0.29) is 82.4 Å². The monoisotopic (exact) mass is 968 g/mol. The second-order valence-electron chi connectivity index (χ2n) is 16.5. The highest BCUT2D eigenvalue weighted by Crippen LogP contribution is 2.54. The molecule has 4 fully saturated rings. The van der Waals surface area contributed by atoms with E-state index in [1.807, 2.05) is 0 Å². The molecule has 0 amide bonds. The summed E-state index contributed by atoms with van der Waals surface area (Å²) >= 11 is 0. The van der Waals surface area contributed by atoms with Crippen LogP contribution in [0.25, 0.3) is 0 Å². The van der Waals surface area contributed by atoms with Crippen LogP contribution >= 0.6 is 0 Å². The Morgan fingerprint density at radius 1 is 0.500 bits per heavy atom. The first-order valence-corrected chi connectivity index (χ1v) is 21.6. The molecule has 7 rings (SSSR count). The number of benzene rings is 3. The summed E-state index contributed by atoms with van der Waals surface area (Å²) in [5.74, 6) is 0.355. The van der Waals surface area contributed by atoms with Crippen LogP contribution in [-0.4, -0.2) is 194 Å². The predicted molar refractivity (Wildman–Crippen MR) is 228 cm³/mol. The van der Waals surface area contributed by atoms with Gasteiger partial charge in [-0.25, -0.2) is 0 Å². The fourth-order valence-electron chi connectivity index (χ4n) is 8.91. The molecule has 23 heteroatoms. The van der Waals surface area contributed by atoms with Crippen LogP contribution in [0, 0.1) is 11.8 Å². The van der Waals surface area contributed by atoms with E-state index in [1.165, 1.54) is 54.8 Å². The molecule has 378 valence electrons. The van der Waals surface area contributed by atoms with Crippen molar-refractivity contribution < 1.29 is 113 Å². The molecule has 0 bridgehead atoms. The van der Waals surface area contributed by atoms with E-state index in [4.69, 9.17) is 61.6 Å². The van der Waals surface area contributed by atoms with Crippen LogP contribution in [0.4, 0.5) is 0 Å². The lowest BCUT2D eigenvalue weighted by Gasteiger charge is -2.39. The third kappa shape index (κ3) is 9.74. The minimum atomic E-state index is -1.74. The van der Waals surface area contributed by atoms with Crippen LogP contribution in [0.2, 0.25) is 0 Å². The number of ether oxygens (including phenoxy) is 13. The van der Waals surface area contributed by atoms with E-state index in [0.717, 1.165) is 0 Å². The van der Waals surface area contributed by atoms with Crippen molar-refractivity contribution >= 4 is 0 Å². The smallest absolute Gasteiger partial charge is 0.229 e. The fraction of sp³-hybridized carbons (Fsp3) is 0.600. The molecular weight excluding hydrogens is 908 g/mol. The average molecular weight is 969 g/mol. The summed E-state index contributed by atoms with van der Waals surface area (Å²) in [6.07, 6.45) is -19.4. The summed E-state index contributed by atoms with van der Waals surface area (Å²) < 4.78 is 75.8. The van der Waals surface area contributed by atoms with Gasteiger partial charge in [0, 0.05) is 11.8 Å². The molecular formula is C45H60O23. The Morgan fingerprint density at radius 2 is 0.853 bits per heavy atom. The molecule has 4 heterocycles. The van der Waals surface area contributed by atoms with Crippen molar-refractivity contribution in [1.82, 2.24) is 0 Å². The summed E-state index contributed by atoms with van der Waals surface area (Å²) in [6, 6.07) is 9.52. The molecule has 68 heavy (non-hydrogen) atoms. The Balaban J connectivity index is 1.09. The number of aliphatic hydroxyl groups is 10. The second kappa shape index (κ2) is 21.9. The maximum Gasteiger partial charge on any atom is 0.229 e. The first-order chi connectivity index (χ1) is 32.7. The van der Waals surface area contributed by atoms with Gasteiger partial charge in [0.2, 0.25) is 29.8 Å². The van der Waals surface area contributed by atoms with Gasteiger partial charge in [-0.3, -0.25) is 0 Å². The van der Waals surface area contributed by atoms with E-state index >= 15 is 0 Å². The molecule has 0 aromatic heterocycles. The highest BCUT2D eigenvalue weighted by molar-refractivity contribution is 5.57. The molecule has 0 saturated carbocycles. The van der Waals surface area contributed by atoms with Crippen molar-refractivity contribution in [3.8, 4) is 51.7 Å². The minimum absolute atomic E-state index is 0.0179. The molecule has 23 nitrogen and oxygen atoms in total. The normalized spacial score (nSPS) is 32.1. The zero-order valence-electron chi connectivity index (χ0n) is 38.0. The Kier molecular flexibility index (Phi) is 16.5. The molecule has 4 aliphatic heterocycles. The lowest BCUT2D eigenvalue weighted by atomic mass is 9.84. The van der Waals surface area contributed by atoms with Crippen molar-refractivity contribution in [2.75, 3.05) is 75.7 Å². The van der Waals surface area contributed by atoms with Crippen LogP contribution in [-0.2, 0) is 18.9 Å². The van der Waals surface area contributed by atoms with Gasteiger partial charge in [-0.1, -0.05) is 0 Å². The Labute approximate surface area is 390 Å². The fourth-order valence-corrected chi connectivity index (χ4v) is 8.91. The van der Waals surface area contributed by atoms with Crippen LogP contribution < -0.4 is 42.6 Å². The van der Waals surface area contributed by atoms with E-state index in [2.05, 4.69) is 0 Å². The van der Waals surface area contributed by atoms with Crippen molar-refractivity contribution in [2.24, 2.45) is 11.8 Å². The summed E-state index contributed by atoms with van der Waals surface area (Å²) in [4.78, 5) is 0. The Bertz CT molecular complexity index is 2080. The van der Waals surface area contributed by atoms with Gasteiger partial charge in [0.05, 0.1) is 87.9 Å². The first kappa shape index (κ1) is 51.2. The van der Waals surface area contributed by atoms with E-state index in [1.54, 1.807) is 24.3 Å². The quantitative estimate of drug-likeness (QED) is 0.0664. The van der Waals surface area contributed by atoms with Gasteiger partial charge in [-0.05, 0) is 53.1 Å². The average Bonchev–Trinajstić information content (AvgIpc) is 3.98. The van der Waals surface area contributed by atoms with Gasteiger partial charge in [0.25, 0.3) is 0 Å². The molecule has 3 aromatic carbocycles. The molecule has 6 unspecified atom stereocenters. The largest absolute Gasteiger partial charge is 0.493 e. The molecule has 4 aliphatic rings. The highest BCUT2D eigenvalue weighted by Gasteiger charge is 2.50. The first-order valence-electron chi connectivity index (χ1n) is 21.6. The maximum atomic E-state index is 11.7. The Hall–Kier alpha value is -4.70. The van der Waals surface area contributed by atoms with Gasteiger partial charge in [0.1, 0.15) is 54.9 Å². The summed E-state index contributed by atoms with van der Waals surface area (Å²) in [5, 5.41) is 104. The third-order valence-electron chi connectivity index (χ3n) is 12.7. The minimum Gasteiger partial charge on any atom is -0.493 e. The van der Waals surface area contributed by atoms with Crippen molar-refractivity contribution in [1.29, 1.82) is 0 Å². The summed E-state index contributed by atoms with van der Waals surface area (Å²) in [5.41, 5.74) is 1.46. The van der Waals surface area contributed by atoms with Crippen molar-refractivity contribution in [2.45, 2.75) is 85.8 Å². The molecule has 10 N–H and O–H groups in total. The predicted octanol–water partition coefficient (Wildman–Crippen LogP) is -1.36. The molecule has 0 aliphatic carbocycles. The van der Waals surface area contributed by atoms with Crippen LogP contribution in [0.3, 0.4) is 0 Å². The number of rotatable bonds is 19. The zero-order chi connectivity index (χ0) is 49.1. The lowest BCUT2D eigenvalue weighted by molar-refractivity contribution is -0.277. The van der Waals surface area contributed by atoms with E-state index in [9.17, 15) is 51.1 Å². The van der Waals surface area contributed by atoms with Gasteiger partial charge >= 0.3 is 0 Å². The standard InChI is InChI=1S/C45H60O23/c1-56-23-7-18(8-24(57-2)42(23)67-44-37(54)35(52)33(50)30(14-47)65-44)32(49)29(13-46)64-41-25(58-3)9-19(10-26(41)59-4)39-21-16-63-40(22(21)17-62-39)20-11-27(60-5)43(28(12-20)61-6)68-45-38(55)36(53)34(51)31(15-48)66-45/h7-12,21-22,29-40,44-55H,13-17H2,1-6H3/t21?,22?,29?,30-,31+,32?,33-,34+,35+,36-,37-,38+,39?,40?,44+,45-/m0/s1.